The lowest BCUT2D eigenvalue weighted by molar-refractivity contribution is -0.143. The molecule has 0 aliphatic carbocycles. The molecule has 0 spiro atoms. The molecule has 6 nitrogen and oxygen atoms in total. The maximum atomic E-state index is 13.8. The third-order valence-electron chi connectivity index (χ3n) is 2.69. The molecule has 118 valence electrons. The molecule has 22 heavy (non-hydrogen) atoms. The van der Waals surface area contributed by atoms with Gasteiger partial charge in [0, 0.05) is 12.1 Å². The Morgan fingerprint density at radius 3 is 2.32 bits per heavy atom. The van der Waals surface area contributed by atoms with E-state index < -0.39 is 40.4 Å². The molecule has 0 aliphatic heterocycles. The highest BCUT2D eigenvalue weighted by Gasteiger charge is 2.36. The second-order valence-electron chi connectivity index (χ2n) is 4.11. The van der Waals surface area contributed by atoms with Crippen LogP contribution in [0, 0.1) is 5.82 Å². The highest BCUT2D eigenvalue weighted by atomic mass is 79.9. The number of rotatable bonds is 1. The second kappa shape index (κ2) is 5.16. The van der Waals surface area contributed by atoms with Crippen LogP contribution >= 0.6 is 15.9 Å². The van der Waals surface area contributed by atoms with Crippen LogP contribution in [-0.2, 0) is 6.18 Å². The number of hydrogen-bond acceptors (Lipinski definition) is 4. The van der Waals surface area contributed by atoms with Gasteiger partial charge in [0.1, 0.15) is 11.6 Å². The smallest absolute Gasteiger partial charge is 0.433 e. The second-order valence-corrected chi connectivity index (χ2v) is 4.96. The van der Waals surface area contributed by atoms with Crippen molar-refractivity contribution in [2.24, 2.45) is 0 Å². The number of nitrogens with zero attached hydrogens (tertiary/aromatic N) is 2. The topological polar surface area (TPSA) is 90.2 Å². The van der Waals surface area contributed by atoms with Gasteiger partial charge in [-0.1, -0.05) is 0 Å². The van der Waals surface area contributed by atoms with Crippen molar-refractivity contribution >= 4 is 15.9 Å². The minimum absolute atomic E-state index is 0.0555. The van der Waals surface area contributed by atoms with Crippen LogP contribution in [0.4, 0.5) is 17.6 Å². The normalized spacial score (nSPS) is 11.7. The zero-order valence-corrected chi connectivity index (χ0v) is 11.9. The number of halogens is 5. The molecular weight excluding hydrogens is 378 g/mol. The fourth-order valence-corrected chi connectivity index (χ4v) is 2.01. The van der Waals surface area contributed by atoms with Crippen molar-refractivity contribution < 1.29 is 22.7 Å². The molecule has 0 bridgehead atoms. The molecule has 0 unspecified atom stereocenters. The van der Waals surface area contributed by atoms with Gasteiger partial charge in [-0.3, -0.25) is 4.79 Å². The average Bonchev–Trinajstić information content (AvgIpc) is 2.38. The summed E-state index contributed by atoms with van der Waals surface area (Å²) in [5.41, 5.74) is -5.47. The van der Waals surface area contributed by atoms with Gasteiger partial charge in [-0.05, 0) is 22.0 Å². The maximum Gasteiger partial charge on any atom is 0.433 e. The first kappa shape index (κ1) is 16.1. The van der Waals surface area contributed by atoms with Gasteiger partial charge in [-0.2, -0.15) is 13.2 Å². The lowest BCUT2D eigenvalue weighted by atomic mass is 10.2. The third kappa shape index (κ3) is 2.58. The molecule has 11 heteroatoms. The fraction of sp³-hybridized carbons (Fsp3) is 0.0909. The number of benzene rings is 1. The summed E-state index contributed by atoms with van der Waals surface area (Å²) in [4.78, 5) is 23.6. The van der Waals surface area contributed by atoms with Crippen LogP contribution in [0.3, 0.4) is 0 Å². The molecule has 1 heterocycles. The van der Waals surface area contributed by atoms with Crippen LogP contribution in [-0.4, -0.2) is 14.3 Å². The minimum atomic E-state index is -5.04. The number of hydrogen-bond donors (Lipinski definition) is 2. The van der Waals surface area contributed by atoms with E-state index in [0.29, 0.717) is 6.07 Å². The van der Waals surface area contributed by atoms with Gasteiger partial charge in [0.15, 0.2) is 5.69 Å². The van der Waals surface area contributed by atoms with Crippen molar-refractivity contribution in [2.75, 3.05) is 5.84 Å². The monoisotopic (exact) mass is 383 g/mol. The molecule has 0 amide bonds. The van der Waals surface area contributed by atoms with Gasteiger partial charge in [0.25, 0.3) is 5.56 Å². The van der Waals surface area contributed by atoms with E-state index in [2.05, 4.69) is 15.9 Å². The predicted molar refractivity (Wildman–Crippen MR) is 70.8 cm³/mol. The molecule has 1 aromatic carbocycles. The van der Waals surface area contributed by atoms with Crippen molar-refractivity contribution in [3.63, 3.8) is 0 Å². The van der Waals surface area contributed by atoms with Crippen LogP contribution in [0.5, 0.6) is 5.75 Å². The number of nitrogens with two attached hydrogens (primary N) is 1. The Bertz CT molecular complexity index is 873. The highest BCUT2D eigenvalue weighted by Crippen LogP contribution is 2.29. The Labute approximate surface area is 127 Å². The van der Waals surface area contributed by atoms with E-state index in [1.165, 1.54) is 0 Å². The first-order chi connectivity index (χ1) is 10.0. The number of phenols is 1. The van der Waals surface area contributed by atoms with E-state index in [4.69, 9.17) is 5.84 Å². The summed E-state index contributed by atoms with van der Waals surface area (Å²) in [6, 6.07) is 1.50. The Hall–Kier alpha value is -2.30. The molecule has 0 fully saturated rings. The van der Waals surface area contributed by atoms with Gasteiger partial charge in [0.05, 0.1) is 10.2 Å². The van der Waals surface area contributed by atoms with Crippen LogP contribution in [0.15, 0.2) is 32.3 Å². The van der Waals surface area contributed by atoms with Crippen molar-refractivity contribution in [2.45, 2.75) is 6.18 Å². The Balaban J connectivity index is 2.85. The predicted octanol–water partition coefficient (Wildman–Crippen LogP) is 1.34. The van der Waals surface area contributed by atoms with E-state index in [0.717, 1.165) is 6.07 Å². The molecule has 0 saturated heterocycles. The SMILES string of the molecule is Nn1c(C(F)(F)F)cc(=O)n(-c2cc(O)c(Br)cc2F)c1=O. The van der Waals surface area contributed by atoms with Crippen molar-refractivity contribution in [3.05, 3.63) is 55.0 Å². The van der Waals surface area contributed by atoms with Crippen molar-refractivity contribution in [1.29, 1.82) is 0 Å². The Morgan fingerprint density at radius 1 is 1.18 bits per heavy atom. The number of aromatic hydroxyl groups is 1. The third-order valence-corrected chi connectivity index (χ3v) is 3.32. The summed E-state index contributed by atoms with van der Waals surface area (Å²) in [6.45, 7) is 0. The lowest BCUT2D eigenvalue weighted by Crippen LogP contribution is -2.45. The van der Waals surface area contributed by atoms with Crippen molar-refractivity contribution in [3.8, 4) is 11.4 Å². The van der Waals surface area contributed by atoms with Crippen LogP contribution < -0.4 is 17.1 Å². The number of phenolic OH excluding ortho intramolecular Hbond substituents is 1. The maximum absolute atomic E-state index is 13.8. The Morgan fingerprint density at radius 2 is 1.77 bits per heavy atom. The zero-order valence-electron chi connectivity index (χ0n) is 10.4. The minimum Gasteiger partial charge on any atom is -0.507 e. The first-order valence-corrected chi connectivity index (χ1v) is 6.23. The van der Waals surface area contributed by atoms with Crippen LogP contribution in [0.25, 0.3) is 5.69 Å². The van der Waals surface area contributed by atoms with E-state index in [-0.39, 0.29) is 19.8 Å². The van der Waals surface area contributed by atoms with Gasteiger partial charge in [0.2, 0.25) is 0 Å². The van der Waals surface area contributed by atoms with E-state index >= 15 is 0 Å². The standard InChI is InChI=1S/C11H6BrF4N3O3/c12-4-1-5(13)6(2-7(4)20)18-9(21)3-8(11(14,15)16)19(17)10(18)22/h1-3,20H,17H2. The average molecular weight is 384 g/mol. The highest BCUT2D eigenvalue weighted by molar-refractivity contribution is 9.10. The lowest BCUT2D eigenvalue weighted by Gasteiger charge is -2.14. The molecule has 2 aromatic rings. The van der Waals surface area contributed by atoms with Gasteiger partial charge in [-0.25, -0.2) is 18.4 Å². The summed E-state index contributed by atoms with van der Waals surface area (Å²) < 4.78 is 51.4. The van der Waals surface area contributed by atoms with Gasteiger partial charge in [-0.15, -0.1) is 0 Å². The number of alkyl halides is 3. The summed E-state index contributed by atoms with van der Waals surface area (Å²) in [7, 11) is 0. The Kier molecular flexibility index (Phi) is 3.77. The first-order valence-electron chi connectivity index (χ1n) is 5.44. The summed E-state index contributed by atoms with van der Waals surface area (Å²) in [5, 5.41) is 9.47. The summed E-state index contributed by atoms with van der Waals surface area (Å²) in [6.07, 6.45) is -5.04. The molecule has 3 N–H and O–H groups in total. The quantitative estimate of drug-likeness (QED) is 0.574. The molecule has 1 aromatic heterocycles. The fourth-order valence-electron chi connectivity index (χ4n) is 1.69. The largest absolute Gasteiger partial charge is 0.507 e. The van der Waals surface area contributed by atoms with Gasteiger partial charge >= 0.3 is 11.9 Å². The number of nitrogen functional groups attached to an aromatic ring is 1. The molecule has 2 rings (SSSR count). The molecular formula is C11H6BrF4N3O3. The van der Waals surface area contributed by atoms with E-state index in [1.807, 2.05) is 0 Å². The summed E-state index contributed by atoms with van der Waals surface area (Å²) >= 11 is 2.81. The van der Waals surface area contributed by atoms with E-state index in [9.17, 15) is 32.3 Å². The molecule has 0 radical (unpaired) electrons. The van der Waals surface area contributed by atoms with E-state index in [1.54, 1.807) is 0 Å². The van der Waals surface area contributed by atoms with Crippen LogP contribution in [0.2, 0.25) is 0 Å². The van der Waals surface area contributed by atoms with Crippen LogP contribution in [0.1, 0.15) is 5.69 Å². The molecule has 0 atom stereocenters. The number of aromatic nitrogens is 2. The summed E-state index contributed by atoms with van der Waals surface area (Å²) in [5.74, 6) is 3.38. The molecule has 0 aliphatic rings. The zero-order chi connectivity index (χ0) is 16.8. The van der Waals surface area contributed by atoms with Gasteiger partial charge < -0.3 is 10.9 Å². The van der Waals surface area contributed by atoms with Crippen molar-refractivity contribution in [1.82, 2.24) is 9.24 Å². The molecule has 0 saturated carbocycles.